The fourth-order valence-electron chi connectivity index (χ4n) is 4.82. The van der Waals surface area contributed by atoms with E-state index >= 15 is 0 Å². The van der Waals surface area contributed by atoms with Crippen LogP contribution in [0, 0.1) is 11.8 Å². The summed E-state index contributed by atoms with van der Waals surface area (Å²) in [6.07, 6.45) is 9.83. The van der Waals surface area contributed by atoms with Crippen LogP contribution in [0.3, 0.4) is 0 Å². The van der Waals surface area contributed by atoms with Crippen molar-refractivity contribution in [3.63, 3.8) is 0 Å². The first-order chi connectivity index (χ1) is 21.1. The van der Waals surface area contributed by atoms with Crippen LogP contribution >= 0.6 is 0 Å². The first-order valence-corrected chi connectivity index (χ1v) is 15.9. The van der Waals surface area contributed by atoms with Gasteiger partial charge >= 0.3 is 0 Å². The predicted molar refractivity (Wildman–Crippen MR) is 171 cm³/mol. The summed E-state index contributed by atoms with van der Waals surface area (Å²) < 4.78 is 0. The van der Waals surface area contributed by atoms with Crippen LogP contribution in [0.4, 0.5) is 0 Å². The number of phenolic OH excluding ortho intramolecular Hbond substituents is 2. The van der Waals surface area contributed by atoms with E-state index in [-0.39, 0.29) is 46.3 Å². The van der Waals surface area contributed by atoms with E-state index in [0.29, 0.717) is 36.8 Å². The third kappa shape index (κ3) is 11.5. The molecule has 4 amide bonds. The topological polar surface area (TPSA) is 157 Å². The number of rotatable bonds is 17. The molecule has 2 unspecified atom stereocenters. The number of unbranched alkanes of at least 4 members (excludes halogenated alkanes) is 5. The highest BCUT2D eigenvalue weighted by atomic mass is 16.3. The zero-order valence-electron chi connectivity index (χ0n) is 26.6. The van der Waals surface area contributed by atoms with Gasteiger partial charge in [0, 0.05) is 11.8 Å². The minimum Gasteiger partial charge on any atom is -0.507 e. The van der Waals surface area contributed by atoms with Crippen LogP contribution in [0.25, 0.3) is 0 Å². The zero-order chi connectivity index (χ0) is 32.5. The summed E-state index contributed by atoms with van der Waals surface area (Å²) in [5.74, 6) is -2.44. The summed E-state index contributed by atoms with van der Waals surface area (Å²) in [4.78, 5) is 49.9. The molecule has 2 aromatic rings. The Hall–Kier alpha value is -4.08. The molecule has 10 heteroatoms. The molecule has 44 heavy (non-hydrogen) atoms. The summed E-state index contributed by atoms with van der Waals surface area (Å²) in [5.41, 5.74) is 11.4. The lowest BCUT2D eigenvalue weighted by Crippen LogP contribution is -2.44. The van der Waals surface area contributed by atoms with Crippen molar-refractivity contribution in [2.75, 3.05) is 0 Å². The van der Waals surface area contributed by atoms with Crippen LogP contribution < -0.4 is 21.7 Å². The van der Waals surface area contributed by atoms with Crippen molar-refractivity contribution < 1.29 is 29.4 Å². The summed E-state index contributed by atoms with van der Waals surface area (Å²) in [7, 11) is 0. The molecule has 0 heterocycles. The van der Waals surface area contributed by atoms with Crippen molar-refractivity contribution in [2.45, 2.75) is 105 Å². The largest absolute Gasteiger partial charge is 0.507 e. The van der Waals surface area contributed by atoms with Crippen molar-refractivity contribution in [1.82, 2.24) is 21.7 Å². The molecule has 0 aliphatic heterocycles. The van der Waals surface area contributed by atoms with E-state index in [2.05, 4.69) is 35.6 Å². The third-order valence-corrected chi connectivity index (χ3v) is 7.85. The van der Waals surface area contributed by atoms with Crippen LogP contribution in [0.1, 0.15) is 124 Å². The fraction of sp³-hybridized carbons (Fsp3) is 0.529. The number of aromatic hydroxyl groups is 2. The lowest BCUT2D eigenvalue weighted by Gasteiger charge is -2.15. The number of amides is 4. The van der Waals surface area contributed by atoms with Gasteiger partial charge in [0.05, 0.1) is 11.1 Å². The number of carbonyl (C=O) groups is 4. The number of hydrazine groups is 2. The SMILES string of the molecule is CCCCc1cccc(C(=O)NNC(=O)C(C)CCCCCCC(C)C(=O)NNC(=O)c2cccc(CCCC)c2O)c1O. The van der Waals surface area contributed by atoms with Crippen molar-refractivity contribution in [2.24, 2.45) is 11.8 Å². The highest BCUT2D eigenvalue weighted by Crippen LogP contribution is 2.25. The van der Waals surface area contributed by atoms with E-state index in [1.165, 1.54) is 12.1 Å². The minimum absolute atomic E-state index is 0.0546. The third-order valence-electron chi connectivity index (χ3n) is 7.85. The minimum atomic E-state index is -0.561. The number of benzene rings is 2. The Morgan fingerprint density at radius 3 is 1.34 bits per heavy atom. The first kappa shape index (κ1) is 36.1. The maximum Gasteiger partial charge on any atom is 0.273 e. The maximum atomic E-state index is 12.5. The monoisotopic (exact) mass is 610 g/mol. The molecule has 0 radical (unpaired) electrons. The second-order valence-electron chi connectivity index (χ2n) is 11.5. The molecule has 10 nitrogen and oxygen atoms in total. The van der Waals surface area contributed by atoms with Gasteiger partial charge in [0.25, 0.3) is 11.8 Å². The molecular weight excluding hydrogens is 560 g/mol. The smallest absolute Gasteiger partial charge is 0.273 e. The van der Waals surface area contributed by atoms with Crippen LogP contribution in [-0.2, 0) is 22.4 Å². The van der Waals surface area contributed by atoms with Gasteiger partial charge in [-0.2, -0.15) is 0 Å². The van der Waals surface area contributed by atoms with Crippen LogP contribution in [-0.4, -0.2) is 33.8 Å². The first-order valence-electron chi connectivity index (χ1n) is 15.9. The number of carbonyl (C=O) groups excluding carboxylic acids is 4. The number of para-hydroxylation sites is 2. The molecule has 6 N–H and O–H groups in total. The standard InChI is InChI=1S/C34H50N4O6/c1-5-7-17-25-19-13-21-27(29(25)39)33(43)37-35-31(41)23(3)15-11-9-10-12-16-24(4)32(42)36-38-34(44)28-22-14-20-26(30(28)40)18-8-6-2/h13-14,19-24,39-40H,5-12,15-18H2,1-4H3,(H,35,41)(H,36,42)(H,37,43)(H,38,44). The molecular formula is C34H50N4O6. The molecule has 2 rings (SSSR count). The van der Waals surface area contributed by atoms with Crippen LogP contribution in [0.15, 0.2) is 36.4 Å². The summed E-state index contributed by atoms with van der Waals surface area (Å²) in [5, 5.41) is 20.8. The van der Waals surface area contributed by atoms with Gasteiger partial charge in [-0.15, -0.1) is 0 Å². The molecule has 0 spiro atoms. The molecule has 0 aliphatic rings. The molecule has 0 aromatic heterocycles. The second kappa shape index (κ2) is 19.2. The molecule has 0 saturated carbocycles. The van der Waals surface area contributed by atoms with Gasteiger partial charge in [-0.25, -0.2) is 0 Å². The van der Waals surface area contributed by atoms with E-state index in [9.17, 15) is 29.4 Å². The quantitative estimate of drug-likeness (QED) is 0.101. The van der Waals surface area contributed by atoms with Crippen molar-refractivity contribution in [3.8, 4) is 11.5 Å². The van der Waals surface area contributed by atoms with E-state index in [4.69, 9.17) is 0 Å². The van der Waals surface area contributed by atoms with Crippen LogP contribution in [0.2, 0.25) is 0 Å². The predicted octanol–water partition coefficient (Wildman–Crippen LogP) is 5.62. The average Bonchev–Trinajstić information content (AvgIpc) is 3.02. The number of nitrogens with one attached hydrogen (secondary N) is 4. The maximum absolute atomic E-state index is 12.5. The van der Waals surface area contributed by atoms with E-state index in [0.717, 1.165) is 51.4 Å². The number of phenols is 2. The molecule has 2 atom stereocenters. The Morgan fingerprint density at radius 2 is 0.977 bits per heavy atom. The highest BCUT2D eigenvalue weighted by molar-refractivity contribution is 5.99. The van der Waals surface area contributed by atoms with Gasteiger partial charge in [-0.1, -0.05) is 90.5 Å². The van der Waals surface area contributed by atoms with Gasteiger partial charge in [-0.3, -0.25) is 40.9 Å². The number of hydrogen-bond acceptors (Lipinski definition) is 6. The molecule has 0 fully saturated rings. The Balaban J connectivity index is 1.63. The van der Waals surface area contributed by atoms with Crippen molar-refractivity contribution in [1.29, 1.82) is 0 Å². The molecule has 0 aliphatic carbocycles. The van der Waals surface area contributed by atoms with Gasteiger partial charge in [0.1, 0.15) is 11.5 Å². The Labute approximate surface area is 261 Å². The summed E-state index contributed by atoms with van der Waals surface area (Å²) in [6.45, 7) is 7.71. The molecule has 242 valence electrons. The second-order valence-corrected chi connectivity index (χ2v) is 11.5. The zero-order valence-corrected chi connectivity index (χ0v) is 26.6. The molecule has 2 aromatic carbocycles. The Morgan fingerprint density at radius 1 is 0.591 bits per heavy atom. The van der Waals surface area contributed by atoms with Gasteiger partial charge < -0.3 is 10.2 Å². The van der Waals surface area contributed by atoms with E-state index < -0.39 is 11.8 Å². The Bertz CT molecular complexity index is 1150. The number of aryl methyl sites for hydroxylation is 2. The van der Waals surface area contributed by atoms with Crippen molar-refractivity contribution in [3.05, 3.63) is 58.7 Å². The van der Waals surface area contributed by atoms with Gasteiger partial charge in [-0.05, 0) is 61.8 Å². The van der Waals surface area contributed by atoms with E-state index in [1.807, 2.05) is 0 Å². The average molecular weight is 611 g/mol. The van der Waals surface area contributed by atoms with Crippen LogP contribution in [0.5, 0.6) is 11.5 Å². The molecule has 0 bridgehead atoms. The van der Waals surface area contributed by atoms with Crippen molar-refractivity contribution >= 4 is 23.6 Å². The number of hydrogen-bond donors (Lipinski definition) is 6. The summed E-state index contributed by atoms with van der Waals surface area (Å²) in [6, 6.07) is 10.1. The lowest BCUT2D eigenvalue weighted by molar-refractivity contribution is -0.126. The lowest BCUT2D eigenvalue weighted by atomic mass is 9.99. The molecule has 0 saturated heterocycles. The Kier molecular flexibility index (Phi) is 15.8. The van der Waals surface area contributed by atoms with Gasteiger partial charge in [0.2, 0.25) is 11.8 Å². The normalized spacial score (nSPS) is 12.2. The highest BCUT2D eigenvalue weighted by Gasteiger charge is 2.19. The fourth-order valence-corrected chi connectivity index (χ4v) is 4.82. The van der Waals surface area contributed by atoms with Gasteiger partial charge in [0.15, 0.2) is 0 Å². The van der Waals surface area contributed by atoms with E-state index in [1.54, 1.807) is 38.1 Å². The summed E-state index contributed by atoms with van der Waals surface area (Å²) >= 11 is 0.